The number of hydrogen-bond acceptors (Lipinski definition) is 3. The zero-order valence-electron chi connectivity index (χ0n) is 18.8. The molecular weight excluding hydrogens is 400 g/mol. The minimum absolute atomic E-state index is 0.229. The Morgan fingerprint density at radius 1 is 1.09 bits per heavy atom. The summed E-state index contributed by atoms with van der Waals surface area (Å²) in [7, 11) is 2.10. The summed E-state index contributed by atoms with van der Waals surface area (Å²) in [5.74, 6) is -1.39. The van der Waals surface area contributed by atoms with Crippen LogP contribution in [0, 0.1) is 5.92 Å². The molecule has 5 nitrogen and oxygen atoms in total. The first-order valence-electron chi connectivity index (χ1n) is 11.7. The molecule has 1 aromatic heterocycles. The minimum atomic E-state index is -0.832. The SMILES string of the molecule is Cn1c2c(c3ccc(C(C[C@H](CCCCc4ccccc4)C(=O)O)=NO)cc31)CCCC2. The summed E-state index contributed by atoms with van der Waals surface area (Å²) in [5, 5.41) is 24.3. The Bertz CT molecular complexity index is 1110. The van der Waals surface area contributed by atoms with E-state index in [2.05, 4.69) is 41.0 Å². The number of fused-ring (bicyclic) bond motifs is 3. The zero-order valence-corrected chi connectivity index (χ0v) is 18.8. The van der Waals surface area contributed by atoms with Gasteiger partial charge in [0.25, 0.3) is 0 Å². The highest BCUT2D eigenvalue weighted by atomic mass is 16.4. The normalized spacial score (nSPS) is 15.0. The molecule has 1 aliphatic carbocycles. The van der Waals surface area contributed by atoms with E-state index in [9.17, 15) is 15.1 Å². The number of nitrogens with zero attached hydrogens (tertiary/aromatic N) is 2. The Morgan fingerprint density at radius 3 is 2.62 bits per heavy atom. The molecule has 0 radical (unpaired) electrons. The number of rotatable bonds is 9. The van der Waals surface area contributed by atoms with Gasteiger partial charge in [-0.25, -0.2) is 0 Å². The summed E-state index contributed by atoms with van der Waals surface area (Å²) in [6.07, 6.45) is 8.17. The van der Waals surface area contributed by atoms with Crippen molar-refractivity contribution in [2.45, 2.75) is 57.8 Å². The van der Waals surface area contributed by atoms with Gasteiger partial charge in [0.2, 0.25) is 0 Å². The summed E-state index contributed by atoms with van der Waals surface area (Å²) < 4.78 is 2.25. The maximum absolute atomic E-state index is 11.9. The van der Waals surface area contributed by atoms with E-state index < -0.39 is 11.9 Å². The summed E-state index contributed by atoms with van der Waals surface area (Å²) >= 11 is 0. The Morgan fingerprint density at radius 2 is 1.88 bits per heavy atom. The van der Waals surface area contributed by atoms with Crippen molar-refractivity contribution in [1.82, 2.24) is 4.57 Å². The standard InChI is InChI=1S/C27H32N2O3/c1-29-25-14-8-7-13-22(25)23-16-15-20(18-26(23)29)24(28-32)17-21(27(30)31)12-6-5-11-19-9-3-2-4-10-19/h2-4,9-10,15-16,18,21,32H,5-8,11-14,17H2,1H3,(H,30,31)/t21-/m0/s1. The number of hydrogen-bond donors (Lipinski definition) is 2. The highest BCUT2D eigenvalue weighted by Gasteiger charge is 2.23. The Balaban J connectivity index is 1.45. The fraction of sp³-hybridized carbons (Fsp3) is 0.407. The van der Waals surface area contributed by atoms with Crippen molar-refractivity contribution in [3.63, 3.8) is 0 Å². The Labute approximate surface area is 189 Å². The largest absolute Gasteiger partial charge is 0.481 e. The van der Waals surface area contributed by atoms with Crippen LogP contribution in [-0.4, -0.2) is 26.6 Å². The number of unbranched alkanes of at least 4 members (excludes halogenated alkanes) is 1. The average Bonchev–Trinajstić information content (AvgIpc) is 3.11. The van der Waals surface area contributed by atoms with Crippen molar-refractivity contribution in [3.8, 4) is 0 Å². The fourth-order valence-corrected chi connectivity index (χ4v) is 5.07. The maximum Gasteiger partial charge on any atom is 0.306 e. The molecule has 4 rings (SSSR count). The smallest absolute Gasteiger partial charge is 0.306 e. The molecule has 1 atom stereocenters. The van der Waals surface area contributed by atoms with E-state index in [0.29, 0.717) is 12.1 Å². The van der Waals surface area contributed by atoms with E-state index in [1.165, 1.54) is 35.0 Å². The van der Waals surface area contributed by atoms with Gasteiger partial charge in [-0.3, -0.25) is 4.79 Å². The lowest BCUT2D eigenvalue weighted by Gasteiger charge is -2.14. The van der Waals surface area contributed by atoms with Crippen LogP contribution in [0.1, 0.15) is 60.9 Å². The van der Waals surface area contributed by atoms with E-state index >= 15 is 0 Å². The monoisotopic (exact) mass is 432 g/mol. The van der Waals surface area contributed by atoms with E-state index in [-0.39, 0.29) is 6.42 Å². The number of oxime groups is 1. The number of carboxylic acids is 1. The molecule has 0 saturated carbocycles. The van der Waals surface area contributed by atoms with Crippen LogP contribution in [-0.2, 0) is 31.1 Å². The van der Waals surface area contributed by atoms with Crippen molar-refractivity contribution >= 4 is 22.6 Å². The maximum atomic E-state index is 11.9. The summed E-state index contributed by atoms with van der Waals surface area (Å²) in [4.78, 5) is 11.9. The van der Waals surface area contributed by atoms with Gasteiger partial charge in [0, 0.05) is 35.6 Å². The molecule has 1 aliphatic rings. The van der Waals surface area contributed by atoms with Crippen LogP contribution in [0.25, 0.3) is 10.9 Å². The third-order valence-electron chi connectivity index (χ3n) is 6.88. The molecule has 0 aliphatic heterocycles. The quantitative estimate of drug-likeness (QED) is 0.196. The van der Waals surface area contributed by atoms with Crippen LogP contribution in [0.4, 0.5) is 0 Å². The minimum Gasteiger partial charge on any atom is -0.481 e. The number of carbonyl (C=O) groups is 1. The van der Waals surface area contributed by atoms with Crippen LogP contribution < -0.4 is 0 Å². The predicted molar refractivity (Wildman–Crippen MR) is 128 cm³/mol. The third kappa shape index (κ3) is 4.72. The van der Waals surface area contributed by atoms with Crippen molar-refractivity contribution < 1.29 is 15.1 Å². The lowest BCUT2D eigenvalue weighted by molar-refractivity contribution is -0.141. The predicted octanol–water partition coefficient (Wildman–Crippen LogP) is 5.74. The number of aryl methyl sites for hydroxylation is 3. The molecule has 0 fully saturated rings. The van der Waals surface area contributed by atoms with E-state index in [4.69, 9.17) is 0 Å². The fourth-order valence-electron chi connectivity index (χ4n) is 5.07. The van der Waals surface area contributed by atoms with Crippen LogP contribution in [0.2, 0.25) is 0 Å². The number of carboxylic acid groups (broad SMARTS) is 1. The van der Waals surface area contributed by atoms with E-state index in [0.717, 1.165) is 43.2 Å². The number of aromatic nitrogens is 1. The van der Waals surface area contributed by atoms with Gasteiger partial charge in [0.05, 0.1) is 11.6 Å². The second-order valence-electron chi connectivity index (χ2n) is 8.94. The topological polar surface area (TPSA) is 74.8 Å². The lowest BCUT2D eigenvalue weighted by atomic mass is 9.91. The highest BCUT2D eigenvalue weighted by Crippen LogP contribution is 2.32. The third-order valence-corrected chi connectivity index (χ3v) is 6.88. The molecule has 0 bridgehead atoms. The van der Waals surface area contributed by atoms with Gasteiger partial charge in [0.15, 0.2) is 0 Å². The van der Waals surface area contributed by atoms with Crippen molar-refractivity contribution in [2.75, 3.05) is 0 Å². The molecule has 2 aromatic carbocycles. The van der Waals surface area contributed by atoms with Crippen LogP contribution in [0.5, 0.6) is 0 Å². The molecule has 1 heterocycles. The lowest BCUT2D eigenvalue weighted by Crippen LogP contribution is -2.19. The zero-order chi connectivity index (χ0) is 22.5. The van der Waals surface area contributed by atoms with Gasteiger partial charge in [-0.05, 0) is 62.1 Å². The van der Waals surface area contributed by atoms with Crippen molar-refractivity contribution in [1.29, 1.82) is 0 Å². The van der Waals surface area contributed by atoms with Crippen LogP contribution >= 0.6 is 0 Å². The molecule has 0 spiro atoms. The van der Waals surface area contributed by atoms with Crippen LogP contribution in [0.15, 0.2) is 53.7 Å². The van der Waals surface area contributed by atoms with Crippen molar-refractivity contribution in [3.05, 3.63) is 70.9 Å². The van der Waals surface area contributed by atoms with Gasteiger partial charge in [-0.15, -0.1) is 0 Å². The summed E-state index contributed by atoms with van der Waals surface area (Å²) in [5.41, 5.74) is 6.48. The molecule has 0 saturated heterocycles. The molecule has 168 valence electrons. The molecule has 2 N–H and O–H groups in total. The molecule has 0 unspecified atom stereocenters. The first kappa shape index (κ1) is 22.1. The molecule has 3 aromatic rings. The first-order chi connectivity index (χ1) is 15.6. The van der Waals surface area contributed by atoms with Gasteiger partial charge in [-0.2, -0.15) is 0 Å². The van der Waals surface area contributed by atoms with E-state index in [1.807, 2.05) is 24.3 Å². The molecular formula is C27H32N2O3. The van der Waals surface area contributed by atoms with Crippen molar-refractivity contribution in [2.24, 2.45) is 18.1 Å². The first-order valence-corrected chi connectivity index (χ1v) is 11.7. The van der Waals surface area contributed by atoms with Gasteiger partial charge in [-0.1, -0.05) is 54.0 Å². The molecule has 0 amide bonds. The number of aliphatic carboxylic acids is 1. The number of benzene rings is 2. The van der Waals surface area contributed by atoms with Gasteiger partial charge < -0.3 is 14.9 Å². The summed E-state index contributed by atoms with van der Waals surface area (Å²) in [6, 6.07) is 16.4. The summed E-state index contributed by atoms with van der Waals surface area (Å²) in [6.45, 7) is 0. The average molecular weight is 433 g/mol. The van der Waals surface area contributed by atoms with E-state index in [1.54, 1.807) is 0 Å². The Hall–Kier alpha value is -3.08. The molecule has 32 heavy (non-hydrogen) atoms. The second kappa shape index (κ2) is 10.0. The second-order valence-corrected chi connectivity index (χ2v) is 8.94. The van der Waals surface area contributed by atoms with Crippen LogP contribution in [0.3, 0.4) is 0 Å². The molecule has 5 heteroatoms. The highest BCUT2D eigenvalue weighted by molar-refractivity contribution is 6.04. The van der Waals surface area contributed by atoms with Gasteiger partial charge >= 0.3 is 5.97 Å². The Kier molecular flexibility index (Phi) is 6.93. The van der Waals surface area contributed by atoms with Gasteiger partial charge in [0.1, 0.15) is 0 Å².